The zero-order valence-electron chi connectivity index (χ0n) is 12.2. The van der Waals surface area contributed by atoms with Crippen LogP contribution in [0, 0.1) is 0 Å². The predicted octanol–water partition coefficient (Wildman–Crippen LogP) is 4.49. The molecule has 1 heterocycles. The quantitative estimate of drug-likeness (QED) is 0.487. The van der Waals surface area contributed by atoms with E-state index in [1.165, 1.54) is 11.3 Å². The Morgan fingerprint density at radius 3 is 2.57 bits per heavy atom. The standard InChI is InChI=1S/C17H12BrNO3S/c1-10(16(20)11-2-5-13(18)6-3-11)22-17(21)12-4-7-14-15(8-12)23-9-19-14/h2-10H,1H3/t10-/m1/s1. The second-order valence-corrected chi connectivity index (χ2v) is 6.76. The van der Waals surface area contributed by atoms with Crippen molar-refractivity contribution in [2.24, 2.45) is 0 Å². The fourth-order valence-electron chi connectivity index (χ4n) is 2.11. The highest BCUT2D eigenvalue weighted by Crippen LogP contribution is 2.20. The molecule has 0 aliphatic rings. The molecule has 0 saturated heterocycles. The van der Waals surface area contributed by atoms with E-state index in [0.717, 1.165) is 14.7 Å². The normalized spacial score (nSPS) is 12.1. The second-order valence-electron chi connectivity index (χ2n) is 4.95. The molecule has 1 aromatic heterocycles. The molecule has 2 aromatic carbocycles. The molecule has 4 nitrogen and oxygen atoms in total. The number of halogens is 1. The van der Waals surface area contributed by atoms with Crippen molar-refractivity contribution in [3.8, 4) is 0 Å². The lowest BCUT2D eigenvalue weighted by Gasteiger charge is -2.12. The molecule has 6 heteroatoms. The number of Topliss-reactive ketones (excluding diaryl/α,β-unsaturated/α-hetero) is 1. The number of aromatic nitrogens is 1. The highest BCUT2D eigenvalue weighted by Gasteiger charge is 2.20. The number of ether oxygens (including phenoxy) is 1. The average molecular weight is 390 g/mol. The van der Waals surface area contributed by atoms with Crippen molar-refractivity contribution in [1.82, 2.24) is 4.98 Å². The minimum absolute atomic E-state index is 0.232. The average Bonchev–Trinajstić information content (AvgIpc) is 3.02. The number of thiazole rings is 1. The predicted molar refractivity (Wildman–Crippen MR) is 93.0 cm³/mol. The van der Waals surface area contributed by atoms with E-state index in [9.17, 15) is 9.59 Å². The van der Waals surface area contributed by atoms with Crippen LogP contribution in [-0.2, 0) is 4.74 Å². The van der Waals surface area contributed by atoms with Crippen molar-refractivity contribution in [3.63, 3.8) is 0 Å². The fraction of sp³-hybridized carbons (Fsp3) is 0.118. The van der Waals surface area contributed by atoms with Gasteiger partial charge in [0.25, 0.3) is 0 Å². The molecule has 3 rings (SSSR count). The van der Waals surface area contributed by atoms with E-state index in [2.05, 4.69) is 20.9 Å². The van der Waals surface area contributed by atoms with Crippen molar-refractivity contribution in [2.75, 3.05) is 0 Å². The van der Waals surface area contributed by atoms with Gasteiger partial charge in [0, 0.05) is 10.0 Å². The Kier molecular flexibility index (Phi) is 4.54. The van der Waals surface area contributed by atoms with Gasteiger partial charge in [0.1, 0.15) is 0 Å². The van der Waals surface area contributed by atoms with Crippen LogP contribution in [0.15, 0.2) is 52.4 Å². The van der Waals surface area contributed by atoms with Crippen molar-refractivity contribution < 1.29 is 14.3 Å². The maximum Gasteiger partial charge on any atom is 0.338 e. The number of rotatable bonds is 4. The van der Waals surface area contributed by atoms with Crippen LogP contribution in [0.4, 0.5) is 0 Å². The molecule has 0 saturated carbocycles. The third kappa shape index (κ3) is 3.48. The van der Waals surface area contributed by atoms with Crippen LogP contribution in [0.1, 0.15) is 27.6 Å². The number of hydrogen-bond acceptors (Lipinski definition) is 5. The lowest BCUT2D eigenvalue weighted by molar-refractivity contribution is 0.0319. The van der Waals surface area contributed by atoms with Gasteiger partial charge in [-0.1, -0.05) is 28.1 Å². The first kappa shape index (κ1) is 15.8. The van der Waals surface area contributed by atoms with Gasteiger partial charge in [-0.3, -0.25) is 4.79 Å². The van der Waals surface area contributed by atoms with E-state index < -0.39 is 12.1 Å². The maximum atomic E-state index is 12.3. The Hall–Kier alpha value is -2.05. The van der Waals surface area contributed by atoms with Crippen LogP contribution in [0.5, 0.6) is 0 Å². The Morgan fingerprint density at radius 2 is 1.83 bits per heavy atom. The molecule has 0 fully saturated rings. The molecule has 0 unspecified atom stereocenters. The number of carbonyl (C=O) groups excluding carboxylic acids is 2. The van der Waals surface area contributed by atoms with Crippen LogP contribution in [0.2, 0.25) is 0 Å². The van der Waals surface area contributed by atoms with E-state index in [0.29, 0.717) is 11.1 Å². The van der Waals surface area contributed by atoms with Crippen LogP contribution < -0.4 is 0 Å². The number of fused-ring (bicyclic) bond motifs is 1. The summed E-state index contributed by atoms with van der Waals surface area (Å²) >= 11 is 4.77. The van der Waals surface area contributed by atoms with E-state index in [1.807, 2.05) is 0 Å². The fourth-order valence-corrected chi connectivity index (χ4v) is 3.09. The van der Waals surface area contributed by atoms with E-state index in [1.54, 1.807) is 54.9 Å². The minimum atomic E-state index is -0.846. The first-order valence-electron chi connectivity index (χ1n) is 6.88. The molecule has 116 valence electrons. The summed E-state index contributed by atoms with van der Waals surface area (Å²) < 4.78 is 7.09. The molecular weight excluding hydrogens is 378 g/mol. The highest BCUT2D eigenvalue weighted by molar-refractivity contribution is 9.10. The van der Waals surface area contributed by atoms with Crippen molar-refractivity contribution in [3.05, 3.63) is 63.6 Å². The number of hydrogen-bond donors (Lipinski definition) is 0. The van der Waals surface area contributed by atoms with Gasteiger partial charge in [0.15, 0.2) is 6.10 Å². The summed E-state index contributed by atoms with van der Waals surface area (Å²) in [5.74, 6) is -0.747. The maximum absolute atomic E-state index is 12.3. The van der Waals surface area contributed by atoms with Crippen molar-refractivity contribution >= 4 is 49.2 Å². The smallest absolute Gasteiger partial charge is 0.338 e. The lowest BCUT2D eigenvalue weighted by atomic mass is 10.1. The van der Waals surface area contributed by atoms with Gasteiger partial charge in [-0.15, -0.1) is 11.3 Å². The van der Waals surface area contributed by atoms with Gasteiger partial charge in [-0.05, 0) is 37.3 Å². The molecule has 0 spiro atoms. The number of ketones is 1. The Balaban J connectivity index is 1.73. The van der Waals surface area contributed by atoms with Gasteiger partial charge < -0.3 is 4.74 Å². The van der Waals surface area contributed by atoms with Crippen molar-refractivity contribution in [2.45, 2.75) is 13.0 Å². The first-order chi connectivity index (χ1) is 11.0. The number of benzene rings is 2. The summed E-state index contributed by atoms with van der Waals surface area (Å²) in [5.41, 5.74) is 3.48. The van der Waals surface area contributed by atoms with E-state index in [4.69, 9.17) is 4.74 Å². The highest BCUT2D eigenvalue weighted by atomic mass is 79.9. The largest absolute Gasteiger partial charge is 0.451 e. The van der Waals surface area contributed by atoms with Gasteiger partial charge in [0.05, 0.1) is 21.3 Å². The van der Waals surface area contributed by atoms with Gasteiger partial charge in [-0.25, -0.2) is 9.78 Å². The van der Waals surface area contributed by atoms with Crippen LogP contribution in [0.3, 0.4) is 0 Å². The molecule has 0 aliphatic heterocycles. The topological polar surface area (TPSA) is 56.3 Å². The molecule has 0 aliphatic carbocycles. The van der Waals surface area contributed by atoms with Crippen LogP contribution in [0.25, 0.3) is 10.2 Å². The van der Waals surface area contributed by atoms with Crippen molar-refractivity contribution in [1.29, 1.82) is 0 Å². The Morgan fingerprint density at radius 1 is 1.13 bits per heavy atom. The Labute approximate surface area is 145 Å². The number of esters is 1. The van der Waals surface area contributed by atoms with E-state index in [-0.39, 0.29) is 5.78 Å². The molecule has 0 amide bonds. The molecule has 23 heavy (non-hydrogen) atoms. The van der Waals surface area contributed by atoms with Gasteiger partial charge in [0.2, 0.25) is 5.78 Å². The summed E-state index contributed by atoms with van der Waals surface area (Å²) in [6, 6.07) is 12.1. The molecular formula is C17H12BrNO3S. The van der Waals surface area contributed by atoms with Crippen LogP contribution in [-0.4, -0.2) is 22.8 Å². The second kappa shape index (κ2) is 6.60. The third-order valence-corrected chi connectivity index (χ3v) is 4.67. The SMILES string of the molecule is C[C@@H](OC(=O)c1ccc2ncsc2c1)C(=O)c1ccc(Br)cc1. The van der Waals surface area contributed by atoms with Gasteiger partial charge >= 0.3 is 5.97 Å². The molecule has 0 N–H and O–H groups in total. The summed E-state index contributed by atoms with van der Waals surface area (Å²) in [7, 11) is 0. The summed E-state index contributed by atoms with van der Waals surface area (Å²) in [5, 5.41) is 0. The minimum Gasteiger partial charge on any atom is -0.451 e. The zero-order chi connectivity index (χ0) is 16.4. The van der Waals surface area contributed by atoms with Crippen LogP contribution >= 0.6 is 27.3 Å². The third-order valence-electron chi connectivity index (χ3n) is 3.35. The first-order valence-corrected chi connectivity index (χ1v) is 8.56. The summed E-state index contributed by atoms with van der Waals surface area (Å²) in [6.07, 6.45) is -0.846. The van der Waals surface area contributed by atoms with Gasteiger partial charge in [-0.2, -0.15) is 0 Å². The van der Waals surface area contributed by atoms with E-state index >= 15 is 0 Å². The monoisotopic (exact) mass is 389 g/mol. The molecule has 0 radical (unpaired) electrons. The number of nitrogens with zero attached hydrogens (tertiary/aromatic N) is 1. The zero-order valence-corrected chi connectivity index (χ0v) is 14.6. The molecule has 0 bridgehead atoms. The number of carbonyl (C=O) groups is 2. The molecule has 1 atom stereocenters. The Bertz CT molecular complexity index is 873. The summed E-state index contributed by atoms with van der Waals surface area (Å²) in [6.45, 7) is 1.58. The lowest BCUT2D eigenvalue weighted by Crippen LogP contribution is -2.24. The molecule has 3 aromatic rings. The summed E-state index contributed by atoms with van der Waals surface area (Å²) in [4.78, 5) is 28.7.